The van der Waals surface area contributed by atoms with Crippen molar-refractivity contribution in [1.29, 1.82) is 0 Å². The molecule has 3 rings (SSSR count). The molecule has 29 heavy (non-hydrogen) atoms. The lowest BCUT2D eigenvalue weighted by atomic mass is 10.1. The second-order valence-corrected chi connectivity index (χ2v) is 8.14. The summed E-state index contributed by atoms with van der Waals surface area (Å²) in [6.07, 6.45) is 4.95. The number of nitrogens with zero attached hydrogens (tertiary/aromatic N) is 1. The van der Waals surface area contributed by atoms with Crippen LogP contribution >= 0.6 is 0 Å². The highest BCUT2D eigenvalue weighted by atomic mass is 16.2. The van der Waals surface area contributed by atoms with Crippen LogP contribution in [0.3, 0.4) is 0 Å². The number of rotatable bonds is 10. The highest BCUT2D eigenvalue weighted by Crippen LogP contribution is 2.35. The largest absolute Gasteiger partial charge is 0.355 e. The number of carbonyl (C=O) groups is 3. The molecule has 1 aromatic carbocycles. The van der Waals surface area contributed by atoms with Crippen LogP contribution in [0.5, 0.6) is 0 Å². The number of amides is 3. The molecule has 1 saturated heterocycles. The molecule has 2 aliphatic rings. The molecule has 158 valence electrons. The molecule has 1 saturated carbocycles. The first-order valence-electron chi connectivity index (χ1n) is 10.6. The molecule has 2 atom stereocenters. The van der Waals surface area contributed by atoms with Crippen LogP contribution in [0.15, 0.2) is 30.3 Å². The first-order chi connectivity index (χ1) is 14.0. The predicted molar refractivity (Wildman–Crippen MR) is 111 cm³/mol. The molecule has 1 aromatic rings. The summed E-state index contributed by atoms with van der Waals surface area (Å²) in [4.78, 5) is 38.0. The molecule has 2 fully saturated rings. The second-order valence-electron chi connectivity index (χ2n) is 8.14. The average molecular weight is 401 g/mol. The van der Waals surface area contributed by atoms with Gasteiger partial charge in [0.15, 0.2) is 0 Å². The fourth-order valence-corrected chi connectivity index (χ4v) is 3.98. The molecular weight excluding hydrogens is 368 g/mol. The van der Waals surface area contributed by atoms with Crippen molar-refractivity contribution in [2.75, 3.05) is 26.2 Å². The predicted octanol–water partition coefficient (Wildman–Crippen LogP) is 1.30. The van der Waals surface area contributed by atoms with E-state index in [2.05, 4.69) is 20.9 Å². The molecule has 0 bridgehead atoms. The molecule has 0 spiro atoms. The Morgan fingerprint density at radius 2 is 1.62 bits per heavy atom. The Bertz CT molecular complexity index is 705. The average Bonchev–Trinajstić information content (AvgIpc) is 3.46. The van der Waals surface area contributed by atoms with Gasteiger partial charge in [-0.3, -0.25) is 19.3 Å². The van der Waals surface area contributed by atoms with E-state index in [0.717, 1.165) is 25.3 Å². The summed E-state index contributed by atoms with van der Waals surface area (Å²) in [6.45, 7) is 3.99. The summed E-state index contributed by atoms with van der Waals surface area (Å²) in [7, 11) is 0. The number of benzene rings is 1. The van der Waals surface area contributed by atoms with E-state index in [9.17, 15) is 14.4 Å². The Balaban J connectivity index is 1.48. The molecule has 1 aliphatic heterocycles. The van der Waals surface area contributed by atoms with Crippen LogP contribution in [-0.4, -0.2) is 60.9 Å². The van der Waals surface area contributed by atoms with Gasteiger partial charge in [0.05, 0.1) is 0 Å². The summed E-state index contributed by atoms with van der Waals surface area (Å²) < 4.78 is 0. The van der Waals surface area contributed by atoms with Crippen molar-refractivity contribution in [2.45, 2.75) is 51.1 Å². The minimum atomic E-state index is -0.0916. The number of hydrogen-bond acceptors (Lipinski definition) is 4. The standard InChI is InChI=1S/C22H32N4O3/c1-16(27)23-11-12-24-21(28)13-19-9-10-20(26(19)15-17-7-8-17)14-25-22(29)18-5-3-2-4-6-18/h2-6,17,19-20H,7-15H2,1H3,(H,23,27)(H,24,28)(H,25,29)/t19-,20+/m1/s1. The van der Waals surface area contributed by atoms with E-state index < -0.39 is 0 Å². The van der Waals surface area contributed by atoms with Gasteiger partial charge in [-0.25, -0.2) is 0 Å². The van der Waals surface area contributed by atoms with Crippen molar-refractivity contribution >= 4 is 17.7 Å². The second kappa shape index (κ2) is 10.4. The van der Waals surface area contributed by atoms with E-state index in [-0.39, 0.29) is 29.8 Å². The maximum atomic E-state index is 12.4. The molecule has 1 heterocycles. The zero-order chi connectivity index (χ0) is 20.6. The van der Waals surface area contributed by atoms with Crippen LogP contribution in [0, 0.1) is 5.92 Å². The number of likely N-dealkylation sites (tertiary alicyclic amines) is 1. The number of carbonyl (C=O) groups excluding carboxylic acids is 3. The van der Waals surface area contributed by atoms with Gasteiger partial charge in [0.1, 0.15) is 0 Å². The van der Waals surface area contributed by atoms with Gasteiger partial charge < -0.3 is 16.0 Å². The van der Waals surface area contributed by atoms with E-state index >= 15 is 0 Å². The van der Waals surface area contributed by atoms with Crippen LogP contribution < -0.4 is 16.0 Å². The topological polar surface area (TPSA) is 90.5 Å². The van der Waals surface area contributed by atoms with Crippen LogP contribution in [0.25, 0.3) is 0 Å². The lowest BCUT2D eigenvalue weighted by Crippen LogP contribution is -2.45. The van der Waals surface area contributed by atoms with E-state index in [4.69, 9.17) is 0 Å². The lowest BCUT2D eigenvalue weighted by Gasteiger charge is -2.30. The maximum absolute atomic E-state index is 12.4. The first-order valence-corrected chi connectivity index (χ1v) is 10.6. The van der Waals surface area contributed by atoms with Crippen molar-refractivity contribution in [3.05, 3.63) is 35.9 Å². The number of nitrogens with one attached hydrogen (secondary N) is 3. The Kier molecular flexibility index (Phi) is 7.63. The van der Waals surface area contributed by atoms with Crippen molar-refractivity contribution < 1.29 is 14.4 Å². The Morgan fingerprint density at radius 3 is 2.31 bits per heavy atom. The van der Waals surface area contributed by atoms with Gasteiger partial charge in [-0.15, -0.1) is 0 Å². The summed E-state index contributed by atoms with van der Waals surface area (Å²) in [5.74, 6) is 0.614. The molecule has 0 radical (unpaired) electrons. The fourth-order valence-electron chi connectivity index (χ4n) is 3.98. The quantitative estimate of drug-likeness (QED) is 0.517. The normalized spacial score (nSPS) is 21.6. The zero-order valence-corrected chi connectivity index (χ0v) is 17.2. The SMILES string of the molecule is CC(=O)NCCNC(=O)C[C@H]1CC[C@@H](CNC(=O)c2ccccc2)N1CC1CC1. The smallest absolute Gasteiger partial charge is 0.251 e. The van der Waals surface area contributed by atoms with Crippen LogP contribution in [0.1, 0.15) is 49.4 Å². The lowest BCUT2D eigenvalue weighted by molar-refractivity contribution is -0.123. The van der Waals surface area contributed by atoms with E-state index in [1.54, 1.807) is 0 Å². The molecule has 0 aromatic heterocycles. The van der Waals surface area contributed by atoms with Crippen LogP contribution in [0.2, 0.25) is 0 Å². The third-order valence-electron chi connectivity index (χ3n) is 5.71. The highest BCUT2D eigenvalue weighted by Gasteiger charge is 2.37. The third-order valence-corrected chi connectivity index (χ3v) is 5.71. The van der Waals surface area contributed by atoms with E-state index in [1.807, 2.05) is 30.3 Å². The summed E-state index contributed by atoms with van der Waals surface area (Å²) in [6, 6.07) is 9.77. The van der Waals surface area contributed by atoms with Crippen LogP contribution in [0.4, 0.5) is 0 Å². The fraction of sp³-hybridized carbons (Fsp3) is 0.591. The minimum Gasteiger partial charge on any atom is -0.355 e. The van der Waals surface area contributed by atoms with Gasteiger partial charge in [0.25, 0.3) is 5.91 Å². The van der Waals surface area contributed by atoms with Gasteiger partial charge in [-0.2, -0.15) is 0 Å². The van der Waals surface area contributed by atoms with Crippen molar-refractivity contribution in [3.8, 4) is 0 Å². The van der Waals surface area contributed by atoms with Crippen molar-refractivity contribution in [1.82, 2.24) is 20.9 Å². The maximum Gasteiger partial charge on any atom is 0.251 e. The Morgan fingerprint density at radius 1 is 0.931 bits per heavy atom. The highest BCUT2D eigenvalue weighted by molar-refractivity contribution is 5.94. The van der Waals surface area contributed by atoms with Crippen LogP contribution in [-0.2, 0) is 9.59 Å². The zero-order valence-electron chi connectivity index (χ0n) is 17.2. The summed E-state index contributed by atoms with van der Waals surface area (Å²) in [5, 5.41) is 8.64. The monoisotopic (exact) mass is 400 g/mol. The Hall–Kier alpha value is -2.41. The number of hydrogen-bond donors (Lipinski definition) is 3. The molecule has 7 heteroatoms. The van der Waals surface area contributed by atoms with E-state index in [0.29, 0.717) is 31.6 Å². The summed E-state index contributed by atoms with van der Waals surface area (Å²) >= 11 is 0. The molecule has 0 unspecified atom stereocenters. The summed E-state index contributed by atoms with van der Waals surface area (Å²) in [5.41, 5.74) is 0.675. The van der Waals surface area contributed by atoms with Gasteiger partial charge in [-0.1, -0.05) is 18.2 Å². The van der Waals surface area contributed by atoms with Gasteiger partial charge in [0.2, 0.25) is 11.8 Å². The van der Waals surface area contributed by atoms with Crippen molar-refractivity contribution in [3.63, 3.8) is 0 Å². The Labute approximate surface area is 172 Å². The first kappa shape index (κ1) is 21.3. The molecule has 3 amide bonds. The van der Waals surface area contributed by atoms with Gasteiger partial charge in [0, 0.05) is 57.2 Å². The molecular formula is C22H32N4O3. The van der Waals surface area contributed by atoms with Gasteiger partial charge >= 0.3 is 0 Å². The van der Waals surface area contributed by atoms with E-state index in [1.165, 1.54) is 19.8 Å². The molecule has 3 N–H and O–H groups in total. The molecule has 1 aliphatic carbocycles. The van der Waals surface area contributed by atoms with Crippen molar-refractivity contribution in [2.24, 2.45) is 5.92 Å². The minimum absolute atomic E-state index is 0.0233. The van der Waals surface area contributed by atoms with Gasteiger partial charge in [-0.05, 0) is 43.7 Å². The molecule has 7 nitrogen and oxygen atoms in total. The third kappa shape index (κ3) is 6.85.